The molecule has 0 aromatic heterocycles. The van der Waals surface area contributed by atoms with Crippen molar-refractivity contribution in [2.24, 2.45) is 0 Å². The van der Waals surface area contributed by atoms with Crippen molar-refractivity contribution in [1.29, 1.82) is 0 Å². The van der Waals surface area contributed by atoms with E-state index in [4.69, 9.17) is 21.1 Å². The fourth-order valence-corrected chi connectivity index (χ4v) is 4.52. The molecule has 2 saturated heterocycles. The van der Waals surface area contributed by atoms with Crippen LogP contribution in [0.2, 0.25) is 5.02 Å². The Morgan fingerprint density at radius 1 is 1.27 bits per heavy atom. The van der Waals surface area contributed by atoms with Gasteiger partial charge < -0.3 is 14.8 Å². The predicted octanol–water partition coefficient (Wildman–Crippen LogP) is 4.41. The second-order valence-electron chi connectivity index (χ2n) is 7.39. The van der Waals surface area contributed by atoms with Gasteiger partial charge in [0, 0.05) is 36.2 Å². The van der Waals surface area contributed by atoms with Crippen LogP contribution in [0.15, 0.2) is 36.4 Å². The summed E-state index contributed by atoms with van der Waals surface area (Å²) in [5.74, 6) is -0.0371. The van der Waals surface area contributed by atoms with Gasteiger partial charge in [-0.1, -0.05) is 37.6 Å². The van der Waals surface area contributed by atoms with Crippen molar-refractivity contribution in [2.75, 3.05) is 33.9 Å². The first kappa shape index (κ1) is 22.7. The summed E-state index contributed by atoms with van der Waals surface area (Å²) in [6, 6.07) is 10.0. The summed E-state index contributed by atoms with van der Waals surface area (Å²) in [5.41, 5.74) is 1.57. The number of rotatable bonds is 3. The Morgan fingerprint density at radius 3 is 2.73 bits per heavy atom. The molecule has 2 aromatic carbocycles. The number of nitrogens with one attached hydrogen (secondary N) is 1. The Morgan fingerprint density at radius 2 is 2.03 bits per heavy atom. The number of piperidine rings is 1. The van der Waals surface area contributed by atoms with E-state index in [1.807, 2.05) is 20.9 Å². The summed E-state index contributed by atoms with van der Waals surface area (Å²) < 4.78 is 26.5. The van der Waals surface area contributed by atoms with Gasteiger partial charge >= 0.3 is 5.91 Å². The summed E-state index contributed by atoms with van der Waals surface area (Å²) >= 11 is 6.07. The molecule has 0 bridgehead atoms. The quantitative estimate of drug-likeness (QED) is 0.726. The number of morpholine rings is 1. The number of methoxy groups -OCH3 is 1. The molecular formula is C23H29ClFN2O3+. The van der Waals surface area contributed by atoms with E-state index in [0.717, 1.165) is 13.0 Å². The maximum Gasteiger partial charge on any atom is 0.344 e. The summed E-state index contributed by atoms with van der Waals surface area (Å²) in [6.45, 7) is 5.47. The van der Waals surface area contributed by atoms with Gasteiger partial charge in [0.2, 0.25) is 0 Å². The fourth-order valence-electron chi connectivity index (χ4n) is 4.33. The lowest BCUT2D eigenvalue weighted by atomic mass is 9.94. The molecule has 2 aromatic rings. The topological polar surface area (TPSA) is 47.6 Å². The zero-order valence-corrected chi connectivity index (χ0v) is 18.6. The van der Waals surface area contributed by atoms with Gasteiger partial charge in [-0.2, -0.15) is 0 Å². The molecule has 2 fully saturated rings. The highest BCUT2D eigenvalue weighted by molar-refractivity contribution is 6.30. The number of fused-ring (bicyclic) bond motifs is 1. The fraction of sp³-hybridized carbons (Fsp3) is 0.435. The number of hydrogen-bond donors (Lipinski definition) is 1. The average Bonchev–Trinajstić information content (AvgIpc) is 2.77. The molecule has 0 spiro atoms. The van der Waals surface area contributed by atoms with E-state index in [1.165, 1.54) is 13.2 Å². The van der Waals surface area contributed by atoms with Gasteiger partial charge in [-0.05, 0) is 23.8 Å². The third kappa shape index (κ3) is 3.97. The van der Waals surface area contributed by atoms with Crippen LogP contribution in [-0.2, 0) is 9.53 Å². The molecule has 3 unspecified atom stereocenters. The number of likely N-dealkylation sites (N-methyl/N-ethyl adjacent to an activating group) is 1. The van der Waals surface area contributed by atoms with Gasteiger partial charge in [0.25, 0.3) is 0 Å². The van der Waals surface area contributed by atoms with Gasteiger partial charge in [-0.25, -0.2) is 13.7 Å². The minimum absolute atomic E-state index is 0.000163. The van der Waals surface area contributed by atoms with Crippen LogP contribution >= 0.6 is 11.6 Å². The number of carbonyl (C=O) groups excluding carboxylic acids is 1. The van der Waals surface area contributed by atoms with E-state index >= 15 is 4.39 Å². The van der Waals surface area contributed by atoms with Crippen LogP contribution in [0.3, 0.4) is 0 Å². The molecule has 3 atom stereocenters. The van der Waals surface area contributed by atoms with Gasteiger partial charge in [0.05, 0.1) is 14.2 Å². The second-order valence-corrected chi connectivity index (χ2v) is 7.83. The van der Waals surface area contributed by atoms with Gasteiger partial charge in [0.1, 0.15) is 18.0 Å². The Hall–Kier alpha value is -1.99. The lowest BCUT2D eigenvalue weighted by molar-refractivity contribution is -0.154. The zero-order chi connectivity index (χ0) is 21.9. The first-order chi connectivity index (χ1) is 14.4. The molecule has 2 heterocycles. The number of carbonyl (C=O) groups is 1. The van der Waals surface area contributed by atoms with Gasteiger partial charge in [0.15, 0.2) is 18.0 Å². The van der Waals surface area contributed by atoms with E-state index in [-0.39, 0.29) is 29.1 Å². The highest BCUT2D eigenvalue weighted by Gasteiger charge is 2.53. The molecule has 2 aliphatic heterocycles. The Kier molecular flexibility index (Phi) is 7.14. The Bertz CT molecular complexity index is 923. The van der Waals surface area contributed by atoms with Crippen molar-refractivity contribution in [2.45, 2.75) is 32.4 Å². The van der Waals surface area contributed by atoms with Crippen molar-refractivity contribution < 1.29 is 18.7 Å². The molecule has 162 valence electrons. The number of hydrogen-bond acceptors (Lipinski definition) is 4. The van der Waals surface area contributed by atoms with Crippen LogP contribution in [0, 0.1) is 5.82 Å². The normalized spacial score (nSPS) is 25.7. The van der Waals surface area contributed by atoms with Crippen LogP contribution in [0.1, 0.15) is 20.3 Å². The first-order valence-electron chi connectivity index (χ1n) is 10.3. The maximum atomic E-state index is 15.2. The van der Waals surface area contributed by atoms with Crippen LogP contribution in [0.4, 0.5) is 10.1 Å². The third-order valence-electron chi connectivity index (χ3n) is 5.90. The van der Waals surface area contributed by atoms with Crippen LogP contribution < -0.4 is 14.5 Å². The average molecular weight is 436 g/mol. The molecule has 4 rings (SSSR count). The Balaban J connectivity index is 0.00000124. The molecule has 30 heavy (non-hydrogen) atoms. The Labute approximate surface area is 182 Å². The van der Waals surface area contributed by atoms with E-state index in [9.17, 15) is 4.79 Å². The van der Waals surface area contributed by atoms with Crippen LogP contribution in [-0.4, -0.2) is 51.9 Å². The molecular weight excluding hydrogens is 407 g/mol. The number of halogens is 2. The second kappa shape index (κ2) is 9.43. The smallest absolute Gasteiger partial charge is 0.344 e. The number of amides is 1. The molecule has 7 heteroatoms. The largest absolute Gasteiger partial charge is 0.491 e. The van der Waals surface area contributed by atoms with Crippen molar-refractivity contribution in [3.05, 3.63) is 47.2 Å². The summed E-state index contributed by atoms with van der Waals surface area (Å²) in [7, 11) is 3.37. The molecule has 0 saturated carbocycles. The maximum absolute atomic E-state index is 15.2. The summed E-state index contributed by atoms with van der Waals surface area (Å²) in [5, 5.41) is 3.83. The zero-order valence-electron chi connectivity index (χ0n) is 17.9. The number of ether oxygens (including phenoxy) is 2. The van der Waals surface area contributed by atoms with Gasteiger partial charge in [-0.3, -0.25) is 0 Å². The monoisotopic (exact) mass is 435 g/mol. The molecule has 5 nitrogen and oxygen atoms in total. The van der Waals surface area contributed by atoms with E-state index < -0.39 is 5.82 Å². The standard InChI is InChI=1S/C21H23ClFN2O3.C2H6/c1-25(17-6-7-24-11-20(17)28-12-21(25)26)18-10-16(23)15(9-19(18)27-2)13-4-3-5-14(22)8-13;1-2/h3-5,8-10,17,20,24H,6-7,11-12H2,1-2H3;1-2H3/q+1;. The van der Waals surface area contributed by atoms with Crippen molar-refractivity contribution >= 4 is 23.2 Å². The highest BCUT2D eigenvalue weighted by atomic mass is 35.5. The van der Waals surface area contributed by atoms with Gasteiger partial charge in [-0.15, -0.1) is 0 Å². The van der Waals surface area contributed by atoms with Crippen molar-refractivity contribution in [3.63, 3.8) is 0 Å². The minimum Gasteiger partial charge on any atom is -0.491 e. The number of quaternary nitrogens is 1. The highest BCUT2D eigenvalue weighted by Crippen LogP contribution is 2.43. The minimum atomic E-state index is -0.415. The summed E-state index contributed by atoms with van der Waals surface area (Å²) in [6.07, 6.45) is 0.658. The summed E-state index contributed by atoms with van der Waals surface area (Å²) in [4.78, 5) is 13.0. The molecule has 1 N–H and O–H groups in total. The van der Waals surface area contributed by atoms with Crippen molar-refractivity contribution in [3.8, 4) is 16.9 Å². The molecule has 1 amide bonds. The van der Waals surface area contributed by atoms with Crippen molar-refractivity contribution in [1.82, 2.24) is 9.80 Å². The molecule has 0 aliphatic carbocycles. The molecule has 0 radical (unpaired) electrons. The number of nitrogens with zero attached hydrogens (tertiary/aromatic N) is 1. The lowest BCUT2D eigenvalue weighted by Gasteiger charge is -2.47. The van der Waals surface area contributed by atoms with Crippen LogP contribution in [0.5, 0.6) is 5.75 Å². The van der Waals surface area contributed by atoms with E-state index in [1.54, 1.807) is 30.3 Å². The third-order valence-corrected chi connectivity index (χ3v) is 6.13. The lowest BCUT2D eigenvalue weighted by Crippen LogP contribution is -2.70. The first-order valence-corrected chi connectivity index (χ1v) is 10.7. The number of benzene rings is 2. The molecule has 2 aliphatic rings. The van der Waals surface area contributed by atoms with Crippen LogP contribution in [0.25, 0.3) is 11.1 Å². The SMILES string of the molecule is CC.COc1cc(-c2cccc(Cl)c2)c(F)cc1[N+]1(C)C(=O)COC2CNCCC21. The van der Waals surface area contributed by atoms with E-state index in [2.05, 4.69) is 5.32 Å². The predicted molar refractivity (Wildman–Crippen MR) is 118 cm³/mol. The van der Waals surface area contributed by atoms with E-state index in [0.29, 0.717) is 34.1 Å².